The Morgan fingerprint density at radius 2 is 2.17 bits per heavy atom. The zero-order valence-electron chi connectivity index (χ0n) is 7.38. The van der Waals surface area contributed by atoms with E-state index in [4.69, 9.17) is 4.74 Å². The van der Waals surface area contributed by atoms with Crippen LogP contribution in [0.25, 0.3) is 0 Å². The van der Waals surface area contributed by atoms with Crippen LogP contribution in [-0.2, 0) is 4.74 Å². The van der Waals surface area contributed by atoms with Crippen molar-refractivity contribution in [3.8, 4) is 0 Å². The molecule has 3 fully saturated rings. The van der Waals surface area contributed by atoms with Gasteiger partial charge in [-0.2, -0.15) is 0 Å². The predicted molar refractivity (Wildman–Crippen MR) is 46.1 cm³/mol. The Morgan fingerprint density at radius 1 is 1.33 bits per heavy atom. The van der Waals surface area contributed by atoms with E-state index in [0.717, 1.165) is 19.3 Å². The molecule has 3 nitrogen and oxygen atoms in total. The summed E-state index contributed by atoms with van der Waals surface area (Å²) in [6.45, 7) is 7.04. The fourth-order valence-corrected chi connectivity index (χ4v) is 2.60. The van der Waals surface area contributed by atoms with Gasteiger partial charge in [0.15, 0.2) is 0 Å². The van der Waals surface area contributed by atoms with Crippen LogP contribution in [0.15, 0.2) is 0 Å². The summed E-state index contributed by atoms with van der Waals surface area (Å²) in [7, 11) is 0. The molecule has 3 aliphatic rings. The van der Waals surface area contributed by atoms with Gasteiger partial charge in [0, 0.05) is 31.1 Å². The molecule has 68 valence electrons. The summed E-state index contributed by atoms with van der Waals surface area (Å²) in [6, 6.07) is 0.830. The molecule has 3 rings (SSSR count). The SMILES string of the molecule is C1C[C@@H](N2CC3(COC3)C2)CN1. The quantitative estimate of drug-likeness (QED) is 0.581. The molecule has 0 aromatic heterocycles. The van der Waals surface area contributed by atoms with Gasteiger partial charge in [-0.25, -0.2) is 0 Å². The van der Waals surface area contributed by atoms with E-state index in [-0.39, 0.29) is 0 Å². The fraction of sp³-hybridized carbons (Fsp3) is 1.00. The Bertz CT molecular complexity index is 177. The molecule has 0 aromatic carbocycles. The highest BCUT2D eigenvalue weighted by atomic mass is 16.5. The fourth-order valence-electron chi connectivity index (χ4n) is 2.60. The van der Waals surface area contributed by atoms with Gasteiger partial charge < -0.3 is 10.1 Å². The van der Waals surface area contributed by atoms with Crippen molar-refractivity contribution in [1.82, 2.24) is 10.2 Å². The average Bonchev–Trinajstić information content (AvgIpc) is 2.32. The molecule has 0 radical (unpaired) electrons. The van der Waals surface area contributed by atoms with Gasteiger partial charge >= 0.3 is 0 Å². The van der Waals surface area contributed by atoms with Crippen molar-refractivity contribution in [1.29, 1.82) is 0 Å². The first-order valence-electron chi connectivity index (χ1n) is 4.91. The van der Waals surface area contributed by atoms with Crippen molar-refractivity contribution in [3.63, 3.8) is 0 Å². The summed E-state index contributed by atoms with van der Waals surface area (Å²) in [5.74, 6) is 0. The van der Waals surface area contributed by atoms with Gasteiger partial charge in [0.2, 0.25) is 0 Å². The van der Waals surface area contributed by atoms with Crippen LogP contribution in [0, 0.1) is 5.41 Å². The lowest BCUT2D eigenvalue weighted by Crippen LogP contribution is -2.68. The maximum absolute atomic E-state index is 5.25. The minimum atomic E-state index is 0.600. The third kappa shape index (κ3) is 0.934. The van der Waals surface area contributed by atoms with Gasteiger partial charge in [0.25, 0.3) is 0 Å². The summed E-state index contributed by atoms with van der Waals surface area (Å²) in [4.78, 5) is 2.61. The molecule has 3 saturated heterocycles. The van der Waals surface area contributed by atoms with Gasteiger partial charge in [0.05, 0.1) is 13.2 Å². The van der Waals surface area contributed by atoms with Crippen LogP contribution < -0.4 is 5.32 Å². The summed E-state index contributed by atoms with van der Waals surface area (Å²) >= 11 is 0. The molecule has 3 aliphatic heterocycles. The number of ether oxygens (including phenoxy) is 1. The Balaban J connectivity index is 1.54. The van der Waals surface area contributed by atoms with E-state index in [1.165, 1.54) is 32.6 Å². The molecule has 1 N–H and O–H groups in total. The second-order valence-corrected chi connectivity index (χ2v) is 4.54. The summed E-state index contributed by atoms with van der Waals surface area (Å²) in [5, 5.41) is 3.41. The molecule has 0 saturated carbocycles. The van der Waals surface area contributed by atoms with Crippen molar-refractivity contribution in [2.45, 2.75) is 12.5 Å². The topological polar surface area (TPSA) is 24.5 Å². The van der Waals surface area contributed by atoms with E-state index in [0.29, 0.717) is 5.41 Å². The number of hydrogen-bond acceptors (Lipinski definition) is 3. The van der Waals surface area contributed by atoms with E-state index in [2.05, 4.69) is 10.2 Å². The van der Waals surface area contributed by atoms with Crippen molar-refractivity contribution in [3.05, 3.63) is 0 Å². The summed E-state index contributed by atoms with van der Waals surface area (Å²) in [6.07, 6.45) is 1.34. The van der Waals surface area contributed by atoms with Crippen LogP contribution in [0.5, 0.6) is 0 Å². The maximum Gasteiger partial charge on any atom is 0.0569 e. The second kappa shape index (κ2) is 2.44. The Morgan fingerprint density at radius 3 is 2.67 bits per heavy atom. The van der Waals surface area contributed by atoms with Crippen LogP contribution in [0.3, 0.4) is 0 Å². The smallest absolute Gasteiger partial charge is 0.0569 e. The van der Waals surface area contributed by atoms with Crippen LogP contribution in [0.1, 0.15) is 6.42 Å². The molecule has 1 atom stereocenters. The number of likely N-dealkylation sites (tertiary alicyclic amines) is 1. The molecule has 12 heavy (non-hydrogen) atoms. The molecule has 3 heterocycles. The van der Waals surface area contributed by atoms with Crippen LogP contribution in [0.2, 0.25) is 0 Å². The first-order chi connectivity index (χ1) is 5.88. The highest BCUT2D eigenvalue weighted by Crippen LogP contribution is 2.39. The van der Waals surface area contributed by atoms with E-state index in [1.54, 1.807) is 0 Å². The third-order valence-corrected chi connectivity index (χ3v) is 3.44. The Hall–Kier alpha value is -0.120. The molecule has 0 amide bonds. The number of rotatable bonds is 1. The van der Waals surface area contributed by atoms with Crippen molar-refractivity contribution in [2.75, 3.05) is 39.4 Å². The van der Waals surface area contributed by atoms with Gasteiger partial charge in [0.1, 0.15) is 0 Å². The Labute approximate surface area is 73.1 Å². The van der Waals surface area contributed by atoms with Crippen LogP contribution >= 0.6 is 0 Å². The van der Waals surface area contributed by atoms with Gasteiger partial charge in [-0.05, 0) is 13.0 Å². The van der Waals surface area contributed by atoms with Gasteiger partial charge in [-0.15, -0.1) is 0 Å². The maximum atomic E-state index is 5.25. The Kier molecular flexibility index (Phi) is 1.48. The van der Waals surface area contributed by atoms with Crippen molar-refractivity contribution in [2.24, 2.45) is 5.41 Å². The molecule has 1 spiro atoms. The van der Waals surface area contributed by atoms with E-state index < -0.39 is 0 Å². The zero-order chi connectivity index (χ0) is 8.02. The third-order valence-electron chi connectivity index (χ3n) is 3.44. The van der Waals surface area contributed by atoms with Crippen LogP contribution in [0.4, 0.5) is 0 Å². The number of nitrogens with zero attached hydrogens (tertiary/aromatic N) is 1. The predicted octanol–water partition coefficient (Wildman–Crippen LogP) is -0.319. The second-order valence-electron chi connectivity index (χ2n) is 4.54. The lowest BCUT2D eigenvalue weighted by Gasteiger charge is -2.57. The summed E-state index contributed by atoms with van der Waals surface area (Å²) < 4.78 is 5.25. The molecular formula is C9H16N2O. The molecule has 0 unspecified atom stereocenters. The molecule has 0 aliphatic carbocycles. The zero-order valence-corrected chi connectivity index (χ0v) is 7.38. The minimum Gasteiger partial charge on any atom is -0.380 e. The minimum absolute atomic E-state index is 0.600. The van der Waals surface area contributed by atoms with Crippen molar-refractivity contribution < 1.29 is 4.74 Å². The van der Waals surface area contributed by atoms with E-state index >= 15 is 0 Å². The first-order valence-corrected chi connectivity index (χ1v) is 4.91. The standard InChI is InChI=1S/C9H16N2O/c1-2-10-3-8(1)11-4-9(5-11)6-12-7-9/h8,10H,1-7H2/t8-/m1/s1. The number of nitrogens with one attached hydrogen (secondary N) is 1. The van der Waals surface area contributed by atoms with Crippen LogP contribution in [-0.4, -0.2) is 50.3 Å². The van der Waals surface area contributed by atoms with Crippen molar-refractivity contribution >= 4 is 0 Å². The lowest BCUT2D eigenvalue weighted by molar-refractivity contribution is -0.196. The largest absolute Gasteiger partial charge is 0.380 e. The monoisotopic (exact) mass is 168 g/mol. The molecule has 0 bridgehead atoms. The molecule has 0 aromatic rings. The van der Waals surface area contributed by atoms with Gasteiger partial charge in [-0.1, -0.05) is 0 Å². The summed E-state index contributed by atoms with van der Waals surface area (Å²) in [5.41, 5.74) is 0.600. The lowest BCUT2D eigenvalue weighted by atomic mass is 9.77. The first kappa shape index (κ1) is 7.30. The van der Waals surface area contributed by atoms with Gasteiger partial charge in [-0.3, -0.25) is 4.90 Å². The number of hydrogen-bond donors (Lipinski definition) is 1. The highest BCUT2D eigenvalue weighted by molar-refractivity contribution is 5.02. The normalized spacial score (nSPS) is 39.5. The van der Waals surface area contributed by atoms with E-state index in [1.807, 2.05) is 0 Å². The highest BCUT2D eigenvalue weighted by Gasteiger charge is 2.50. The molecular weight excluding hydrogens is 152 g/mol. The average molecular weight is 168 g/mol. The molecule has 3 heteroatoms. The van der Waals surface area contributed by atoms with E-state index in [9.17, 15) is 0 Å².